The highest BCUT2D eigenvalue weighted by Crippen LogP contribution is 2.34. The molecule has 0 aromatic heterocycles. The van der Waals surface area contributed by atoms with Gasteiger partial charge in [-0.25, -0.2) is 0 Å². The van der Waals surface area contributed by atoms with Crippen LogP contribution in [-0.4, -0.2) is 34.7 Å². The van der Waals surface area contributed by atoms with Crippen LogP contribution in [0.25, 0.3) is 6.08 Å². The zero-order chi connectivity index (χ0) is 21.7. The van der Waals surface area contributed by atoms with E-state index in [1.165, 1.54) is 0 Å². The fourth-order valence-electron chi connectivity index (χ4n) is 2.90. The van der Waals surface area contributed by atoms with Crippen LogP contribution in [0, 0.1) is 6.92 Å². The lowest BCUT2D eigenvalue weighted by Gasteiger charge is -2.13. The summed E-state index contributed by atoms with van der Waals surface area (Å²) >= 11 is 0.798. The largest absolute Gasteiger partial charge is 0.488 e. The van der Waals surface area contributed by atoms with E-state index < -0.39 is 23.7 Å². The van der Waals surface area contributed by atoms with Crippen molar-refractivity contribution in [2.75, 3.05) is 6.54 Å². The summed E-state index contributed by atoms with van der Waals surface area (Å²) in [4.78, 5) is 37.8. The SMILES string of the molecule is Cc1cccc(COc2ccccc2/C=C2/SC(=O)N(CC(=O)OC(C)C)C2=O)c1. The number of carbonyl (C=O) groups is 3. The summed E-state index contributed by atoms with van der Waals surface area (Å²) in [5.41, 5.74) is 2.86. The number of imide groups is 1. The molecule has 1 heterocycles. The molecule has 2 amide bonds. The van der Waals surface area contributed by atoms with Crippen molar-refractivity contribution in [3.05, 3.63) is 70.1 Å². The van der Waals surface area contributed by atoms with Crippen molar-refractivity contribution in [2.45, 2.75) is 33.5 Å². The third kappa shape index (κ3) is 5.51. The van der Waals surface area contributed by atoms with Gasteiger partial charge in [0.05, 0.1) is 11.0 Å². The molecular weight excluding hydrogens is 402 g/mol. The number of carbonyl (C=O) groups excluding carboxylic acids is 3. The lowest BCUT2D eigenvalue weighted by molar-refractivity contribution is -0.149. The average molecular weight is 426 g/mol. The van der Waals surface area contributed by atoms with Crippen LogP contribution in [0.2, 0.25) is 0 Å². The average Bonchev–Trinajstić information content (AvgIpc) is 2.94. The van der Waals surface area contributed by atoms with E-state index >= 15 is 0 Å². The van der Waals surface area contributed by atoms with Crippen molar-refractivity contribution in [3.63, 3.8) is 0 Å². The van der Waals surface area contributed by atoms with Crippen molar-refractivity contribution in [2.24, 2.45) is 0 Å². The Morgan fingerprint density at radius 2 is 1.90 bits per heavy atom. The summed E-state index contributed by atoms with van der Waals surface area (Å²) in [6, 6.07) is 15.3. The van der Waals surface area contributed by atoms with Gasteiger partial charge in [0, 0.05) is 5.56 Å². The normalized spacial score (nSPS) is 15.2. The molecule has 1 saturated heterocycles. The molecule has 7 heteroatoms. The van der Waals surface area contributed by atoms with Gasteiger partial charge in [-0.2, -0.15) is 0 Å². The number of benzene rings is 2. The highest BCUT2D eigenvalue weighted by Gasteiger charge is 2.37. The van der Waals surface area contributed by atoms with Crippen molar-refractivity contribution >= 4 is 35.0 Å². The fraction of sp³-hybridized carbons (Fsp3) is 0.261. The van der Waals surface area contributed by atoms with Gasteiger partial charge >= 0.3 is 5.97 Å². The Morgan fingerprint density at radius 3 is 2.63 bits per heavy atom. The zero-order valence-electron chi connectivity index (χ0n) is 17.1. The maximum absolute atomic E-state index is 12.6. The van der Waals surface area contributed by atoms with Crippen molar-refractivity contribution in [1.82, 2.24) is 4.90 Å². The van der Waals surface area contributed by atoms with Gasteiger partial charge < -0.3 is 9.47 Å². The number of aryl methyl sites for hydroxylation is 1. The number of nitrogens with zero attached hydrogens (tertiary/aromatic N) is 1. The molecule has 1 aliphatic heterocycles. The molecule has 30 heavy (non-hydrogen) atoms. The second-order valence-corrected chi connectivity index (χ2v) is 8.12. The molecule has 1 fully saturated rings. The third-order valence-corrected chi connectivity index (χ3v) is 5.12. The smallest absolute Gasteiger partial charge is 0.326 e. The van der Waals surface area contributed by atoms with Gasteiger partial charge in [0.15, 0.2) is 0 Å². The lowest BCUT2D eigenvalue weighted by Crippen LogP contribution is -2.35. The molecule has 0 unspecified atom stereocenters. The molecule has 156 valence electrons. The second kappa shape index (κ2) is 9.63. The van der Waals surface area contributed by atoms with Gasteiger partial charge in [0.1, 0.15) is 18.9 Å². The lowest BCUT2D eigenvalue weighted by atomic mass is 10.1. The molecule has 2 aromatic rings. The number of esters is 1. The van der Waals surface area contributed by atoms with Crippen molar-refractivity contribution in [3.8, 4) is 5.75 Å². The first-order chi connectivity index (χ1) is 14.3. The van der Waals surface area contributed by atoms with Crippen LogP contribution in [0.3, 0.4) is 0 Å². The Balaban J connectivity index is 1.74. The number of hydrogen-bond acceptors (Lipinski definition) is 6. The molecule has 3 rings (SSSR count). The van der Waals surface area contributed by atoms with Crippen LogP contribution in [0.5, 0.6) is 5.75 Å². The van der Waals surface area contributed by atoms with Crippen molar-refractivity contribution < 1.29 is 23.9 Å². The van der Waals surface area contributed by atoms with Crippen LogP contribution >= 0.6 is 11.8 Å². The Morgan fingerprint density at radius 1 is 1.13 bits per heavy atom. The summed E-state index contributed by atoms with van der Waals surface area (Å²) in [5, 5.41) is -0.495. The number of para-hydroxylation sites is 1. The van der Waals surface area contributed by atoms with Crippen LogP contribution in [0.15, 0.2) is 53.4 Å². The summed E-state index contributed by atoms with van der Waals surface area (Å²) in [5.74, 6) is -0.528. The van der Waals surface area contributed by atoms with Gasteiger partial charge in [-0.05, 0) is 50.2 Å². The highest BCUT2D eigenvalue weighted by molar-refractivity contribution is 8.18. The number of amides is 2. The maximum atomic E-state index is 12.6. The first-order valence-corrected chi connectivity index (χ1v) is 10.4. The molecule has 0 spiro atoms. The molecule has 2 aromatic carbocycles. The molecule has 1 aliphatic rings. The predicted molar refractivity (Wildman–Crippen MR) is 116 cm³/mol. The highest BCUT2D eigenvalue weighted by atomic mass is 32.2. The van der Waals surface area contributed by atoms with E-state index in [1.54, 1.807) is 19.9 Å². The van der Waals surface area contributed by atoms with Gasteiger partial charge in [-0.15, -0.1) is 0 Å². The van der Waals surface area contributed by atoms with E-state index in [0.29, 0.717) is 17.9 Å². The zero-order valence-corrected chi connectivity index (χ0v) is 17.9. The number of rotatable bonds is 7. The van der Waals surface area contributed by atoms with Crippen LogP contribution in [-0.2, 0) is 20.9 Å². The summed E-state index contributed by atoms with van der Waals surface area (Å²) < 4.78 is 11.0. The van der Waals surface area contributed by atoms with E-state index in [-0.39, 0.29) is 11.0 Å². The van der Waals surface area contributed by atoms with Crippen LogP contribution in [0.4, 0.5) is 4.79 Å². The van der Waals surface area contributed by atoms with Crippen molar-refractivity contribution in [1.29, 1.82) is 0 Å². The first kappa shape index (κ1) is 21.6. The predicted octanol–water partition coefficient (Wildman–Crippen LogP) is 4.56. The molecule has 0 aliphatic carbocycles. The molecule has 6 nitrogen and oxygen atoms in total. The van der Waals surface area contributed by atoms with E-state index in [2.05, 4.69) is 0 Å². The van der Waals surface area contributed by atoms with Gasteiger partial charge in [0.25, 0.3) is 11.1 Å². The number of ether oxygens (including phenoxy) is 2. The molecule has 0 saturated carbocycles. The summed E-state index contributed by atoms with van der Waals surface area (Å²) in [6.45, 7) is 5.42. The Hall–Kier alpha value is -3.06. The van der Waals surface area contributed by atoms with Gasteiger partial charge in [-0.3, -0.25) is 19.3 Å². The van der Waals surface area contributed by atoms with E-state index in [4.69, 9.17) is 9.47 Å². The molecule has 0 radical (unpaired) electrons. The van der Waals surface area contributed by atoms with Crippen LogP contribution in [0.1, 0.15) is 30.5 Å². The molecule has 0 N–H and O–H groups in total. The Bertz CT molecular complexity index is 999. The number of hydrogen-bond donors (Lipinski definition) is 0. The maximum Gasteiger partial charge on any atom is 0.326 e. The Kier molecular flexibility index (Phi) is 6.95. The minimum atomic E-state index is -0.615. The molecule has 0 bridgehead atoms. The van der Waals surface area contributed by atoms with E-state index in [0.717, 1.165) is 27.8 Å². The van der Waals surface area contributed by atoms with Crippen LogP contribution < -0.4 is 4.74 Å². The van der Waals surface area contributed by atoms with E-state index in [1.807, 2.05) is 55.5 Å². The minimum absolute atomic E-state index is 0.240. The quantitative estimate of drug-likeness (QED) is 0.478. The summed E-state index contributed by atoms with van der Waals surface area (Å²) in [6.07, 6.45) is 1.30. The first-order valence-electron chi connectivity index (χ1n) is 9.55. The standard InChI is InChI=1S/C23H23NO5S/c1-15(2)29-21(25)13-24-22(26)20(30-23(24)27)12-18-9-4-5-10-19(18)28-14-17-8-6-7-16(3)11-17/h4-12,15H,13-14H2,1-3H3/b20-12+. The molecular formula is C23H23NO5S. The van der Waals surface area contributed by atoms with E-state index in [9.17, 15) is 14.4 Å². The third-order valence-electron chi connectivity index (χ3n) is 4.21. The molecule has 0 atom stereocenters. The fourth-order valence-corrected chi connectivity index (χ4v) is 3.73. The summed E-state index contributed by atoms with van der Waals surface area (Å²) in [7, 11) is 0. The number of thioether (sulfide) groups is 1. The Labute approximate surface area is 179 Å². The second-order valence-electron chi connectivity index (χ2n) is 7.12. The minimum Gasteiger partial charge on any atom is -0.488 e. The van der Waals surface area contributed by atoms with Gasteiger partial charge in [-0.1, -0.05) is 48.0 Å². The topological polar surface area (TPSA) is 72.9 Å². The monoisotopic (exact) mass is 425 g/mol. The van der Waals surface area contributed by atoms with Gasteiger partial charge in [0.2, 0.25) is 0 Å².